The lowest BCUT2D eigenvalue weighted by molar-refractivity contribution is 0.00371. The van der Waals surface area contributed by atoms with Crippen LogP contribution < -0.4 is 5.73 Å². The molecule has 2 fully saturated rings. The van der Waals surface area contributed by atoms with Crippen LogP contribution in [0, 0.1) is 5.92 Å². The third-order valence-corrected chi connectivity index (χ3v) is 4.31. The van der Waals surface area contributed by atoms with Gasteiger partial charge in [-0.1, -0.05) is 13.3 Å². The molecule has 19 heavy (non-hydrogen) atoms. The summed E-state index contributed by atoms with van der Waals surface area (Å²) in [6.07, 6.45) is 8.76. The molecule has 2 unspecified atom stereocenters. The largest absolute Gasteiger partial charge is 0.457 e. The van der Waals surface area contributed by atoms with Crippen molar-refractivity contribution >= 4 is 11.7 Å². The SMILES string of the molecule is CC1CCCCC1OC(=O)c1cc(N)cn1C1CC1. The van der Waals surface area contributed by atoms with E-state index in [4.69, 9.17) is 10.5 Å². The van der Waals surface area contributed by atoms with Gasteiger partial charge in [-0.05, 0) is 44.1 Å². The number of nitrogens with two attached hydrogens (primary N) is 1. The zero-order valence-electron chi connectivity index (χ0n) is 11.5. The van der Waals surface area contributed by atoms with Crippen molar-refractivity contribution in [3.63, 3.8) is 0 Å². The van der Waals surface area contributed by atoms with Gasteiger partial charge in [0.2, 0.25) is 0 Å². The van der Waals surface area contributed by atoms with Gasteiger partial charge >= 0.3 is 5.97 Å². The summed E-state index contributed by atoms with van der Waals surface area (Å²) in [6, 6.07) is 2.19. The van der Waals surface area contributed by atoms with Gasteiger partial charge in [-0.3, -0.25) is 0 Å². The monoisotopic (exact) mass is 262 g/mol. The summed E-state index contributed by atoms with van der Waals surface area (Å²) in [6.45, 7) is 2.17. The first-order valence-electron chi connectivity index (χ1n) is 7.33. The lowest BCUT2D eigenvalue weighted by Crippen LogP contribution is -2.29. The van der Waals surface area contributed by atoms with Gasteiger partial charge in [0.15, 0.2) is 0 Å². The van der Waals surface area contributed by atoms with Crippen LogP contribution >= 0.6 is 0 Å². The van der Waals surface area contributed by atoms with Gasteiger partial charge in [0.1, 0.15) is 11.8 Å². The highest BCUT2D eigenvalue weighted by atomic mass is 16.5. The molecule has 4 heteroatoms. The number of hydrogen-bond donors (Lipinski definition) is 1. The molecule has 2 atom stereocenters. The predicted molar refractivity (Wildman–Crippen MR) is 74.0 cm³/mol. The Labute approximate surface area is 113 Å². The summed E-state index contributed by atoms with van der Waals surface area (Å²) in [4.78, 5) is 12.3. The molecule has 0 amide bonds. The van der Waals surface area contributed by atoms with Gasteiger partial charge < -0.3 is 15.0 Å². The molecule has 2 aliphatic rings. The van der Waals surface area contributed by atoms with Crippen molar-refractivity contribution in [2.24, 2.45) is 5.92 Å². The van der Waals surface area contributed by atoms with Crippen molar-refractivity contribution in [2.45, 2.75) is 57.6 Å². The summed E-state index contributed by atoms with van der Waals surface area (Å²) >= 11 is 0. The van der Waals surface area contributed by atoms with E-state index in [2.05, 4.69) is 6.92 Å². The van der Waals surface area contributed by atoms with Crippen LogP contribution in [0.25, 0.3) is 0 Å². The second-order valence-electron chi connectivity index (χ2n) is 6.00. The number of carbonyl (C=O) groups excluding carboxylic acids is 1. The molecule has 3 rings (SSSR count). The van der Waals surface area contributed by atoms with Crippen LogP contribution in [0.15, 0.2) is 12.3 Å². The normalized spacial score (nSPS) is 27.2. The molecule has 104 valence electrons. The molecule has 1 aromatic rings. The van der Waals surface area contributed by atoms with E-state index in [9.17, 15) is 4.79 Å². The van der Waals surface area contributed by atoms with Crippen LogP contribution in [0.2, 0.25) is 0 Å². The zero-order valence-corrected chi connectivity index (χ0v) is 11.5. The van der Waals surface area contributed by atoms with E-state index in [0.29, 0.717) is 23.3 Å². The molecule has 0 bridgehead atoms. The quantitative estimate of drug-likeness (QED) is 0.851. The van der Waals surface area contributed by atoms with Crippen LogP contribution in [0.3, 0.4) is 0 Å². The second kappa shape index (κ2) is 4.91. The van der Waals surface area contributed by atoms with Crippen LogP contribution in [-0.4, -0.2) is 16.6 Å². The first-order valence-corrected chi connectivity index (χ1v) is 7.33. The molecule has 4 nitrogen and oxygen atoms in total. The van der Waals surface area contributed by atoms with E-state index in [1.54, 1.807) is 6.07 Å². The van der Waals surface area contributed by atoms with Gasteiger partial charge in [-0.25, -0.2) is 4.79 Å². The van der Waals surface area contributed by atoms with Crippen molar-refractivity contribution in [2.75, 3.05) is 5.73 Å². The molecular formula is C15H22N2O2. The summed E-state index contributed by atoms with van der Waals surface area (Å²) in [5.41, 5.74) is 7.09. The Hall–Kier alpha value is -1.45. The zero-order chi connectivity index (χ0) is 13.4. The smallest absolute Gasteiger partial charge is 0.355 e. The number of hydrogen-bond acceptors (Lipinski definition) is 3. The van der Waals surface area contributed by atoms with Crippen molar-refractivity contribution in [3.05, 3.63) is 18.0 Å². The van der Waals surface area contributed by atoms with Crippen molar-refractivity contribution in [1.29, 1.82) is 0 Å². The minimum Gasteiger partial charge on any atom is -0.457 e. The number of esters is 1. The van der Waals surface area contributed by atoms with Gasteiger partial charge in [-0.15, -0.1) is 0 Å². The average molecular weight is 262 g/mol. The van der Waals surface area contributed by atoms with E-state index >= 15 is 0 Å². The Bertz CT molecular complexity index is 476. The maximum absolute atomic E-state index is 12.3. The molecular weight excluding hydrogens is 240 g/mol. The summed E-state index contributed by atoms with van der Waals surface area (Å²) in [7, 11) is 0. The third kappa shape index (κ3) is 2.62. The average Bonchev–Trinajstić information content (AvgIpc) is 3.15. The Morgan fingerprint density at radius 1 is 1.32 bits per heavy atom. The van der Waals surface area contributed by atoms with Gasteiger partial charge in [0, 0.05) is 12.2 Å². The minimum absolute atomic E-state index is 0.0741. The van der Waals surface area contributed by atoms with Crippen LogP contribution in [0.1, 0.15) is 62.0 Å². The Kier molecular flexibility index (Phi) is 3.25. The molecule has 2 N–H and O–H groups in total. The lowest BCUT2D eigenvalue weighted by Gasteiger charge is -2.28. The number of carbonyl (C=O) groups is 1. The highest BCUT2D eigenvalue weighted by Crippen LogP contribution is 2.37. The van der Waals surface area contributed by atoms with Crippen LogP contribution in [0.4, 0.5) is 5.69 Å². The summed E-state index contributed by atoms with van der Waals surface area (Å²) in [5.74, 6) is 0.265. The summed E-state index contributed by atoms with van der Waals surface area (Å²) < 4.78 is 7.70. The van der Waals surface area contributed by atoms with Crippen LogP contribution in [0.5, 0.6) is 0 Å². The number of ether oxygens (including phenoxy) is 1. The molecule has 0 aromatic carbocycles. The fraction of sp³-hybridized carbons (Fsp3) is 0.667. The molecule has 0 saturated heterocycles. The predicted octanol–water partition coefficient (Wildman–Crippen LogP) is 3.14. The van der Waals surface area contributed by atoms with Crippen LogP contribution in [-0.2, 0) is 4.74 Å². The highest BCUT2D eigenvalue weighted by molar-refractivity contribution is 5.89. The number of nitrogen functional groups attached to an aromatic ring is 1. The fourth-order valence-corrected chi connectivity index (χ4v) is 2.97. The van der Waals surface area contributed by atoms with Gasteiger partial charge in [-0.2, -0.15) is 0 Å². The summed E-state index contributed by atoms with van der Waals surface area (Å²) in [5, 5.41) is 0. The first kappa shape index (κ1) is 12.6. The van der Waals surface area contributed by atoms with E-state index < -0.39 is 0 Å². The van der Waals surface area contributed by atoms with Crippen molar-refractivity contribution in [1.82, 2.24) is 4.57 Å². The van der Waals surface area contributed by atoms with Crippen molar-refractivity contribution in [3.8, 4) is 0 Å². The number of anilines is 1. The maximum Gasteiger partial charge on any atom is 0.355 e. The molecule has 2 aliphatic carbocycles. The fourth-order valence-electron chi connectivity index (χ4n) is 2.97. The minimum atomic E-state index is -0.206. The molecule has 2 saturated carbocycles. The topological polar surface area (TPSA) is 57.2 Å². The van der Waals surface area contributed by atoms with Crippen molar-refractivity contribution < 1.29 is 9.53 Å². The third-order valence-electron chi connectivity index (χ3n) is 4.31. The number of aromatic nitrogens is 1. The lowest BCUT2D eigenvalue weighted by atomic mass is 9.88. The van der Waals surface area contributed by atoms with E-state index in [0.717, 1.165) is 32.1 Å². The molecule has 1 aromatic heterocycles. The molecule has 0 spiro atoms. The highest BCUT2D eigenvalue weighted by Gasteiger charge is 2.30. The Balaban J connectivity index is 1.72. The second-order valence-corrected chi connectivity index (χ2v) is 6.00. The van der Waals surface area contributed by atoms with Gasteiger partial charge in [0.05, 0.1) is 5.69 Å². The van der Waals surface area contributed by atoms with Gasteiger partial charge in [0.25, 0.3) is 0 Å². The molecule has 0 radical (unpaired) electrons. The maximum atomic E-state index is 12.3. The Morgan fingerprint density at radius 2 is 2.05 bits per heavy atom. The van der Waals surface area contributed by atoms with E-state index in [1.807, 2.05) is 10.8 Å². The van der Waals surface area contributed by atoms with E-state index in [-0.39, 0.29) is 12.1 Å². The molecule has 0 aliphatic heterocycles. The molecule has 1 heterocycles. The first-order chi connectivity index (χ1) is 9.15. The number of nitrogens with zero attached hydrogens (tertiary/aromatic N) is 1. The standard InChI is InChI=1S/C15H22N2O2/c1-10-4-2-3-5-14(10)19-15(18)13-8-11(16)9-17(13)12-6-7-12/h8-10,12,14H,2-7,16H2,1H3. The van der Waals surface area contributed by atoms with E-state index in [1.165, 1.54) is 6.42 Å². The Morgan fingerprint density at radius 3 is 2.74 bits per heavy atom. The number of rotatable bonds is 3.